The summed E-state index contributed by atoms with van der Waals surface area (Å²) in [6, 6.07) is 6.04. The normalized spacial score (nSPS) is 19.8. The van der Waals surface area contributed by atoms with E-state index in [0.29, 0.717) is 32.0 Å². The van der Waals surface area contributed by atoms with E-state index in [1.165, 1.54) is 11.0 Å². The van der Waals surface area contributed by atoms with Gasteiger partial charge < -0.3 is 15.4 Å². The van der Waals surface area contributed by atoms with Crippen LogP contribution in [0.25, 0.3) is 0 Å². The zero-order valence-corrected chi connectivity index (χ0v) is 15.5. The molecule has 0 radical (unpaired) electrons. The molecular weight excluding hydrogens is 364 g/mol. The summed E-state index contributed by atoms with van der Waals surface area (Å²) in [6.45, 7) is 4.39. The Morgan fingerprint density at radius 2 is 2.11 bits per heavy atom. The SMILES string of the molecule is CCNC(=NCC(C)Oc1ccccc1F)NC1CCN(CC(F)(F)F)C1. The summed E-state index contributed by atoms with van der Waals surface area (Å²) in [5.41, 5.74) is 0. The number of likely N-dealkylation sites (tertiary alicyclic amines) is 1. The van der Waals surface area contributed by atoms with Gasteiger partial charge in [0.2, 0.25) is 0 Å². The Bertz CT molecular complexity index is 624. The molecular formula is C18H26F4N4O. The number of halogens is 4. The molecule has 1 aliphatic heterocycles. The van der Waals surface area contributed by atoms with Crippen molar-refractivity contribution in [2.45, 2.75) is 38.6 Å². The highest BCUT2D eigenvalue weighted by atomic mass is 19.4. The number of hydrogen-bond acceptors (Lipinski definition) is 3. The zero-order valence-electron chi connectivity index (χ0n) is 15.5. The van der Waals surface area contributed by atoms with E-state index >= 15 is 0 Å². The maximum atomic E-state index is 13.6. The quantitative estimate of drug-likeness (QED) is 0.427. The minimum Gasteiger partial charge on any atom is -0.486 e. The van der Waals surface area contributed by atoms with Crippen molar-refractivity contribution in [1.82, 2.24) is 15.5 Å². The number of alkyl halides is 3. The first-order chi connectivity index (χ1) is 12.8. The van der Waals surface area contributed by atoms with Crippen LogP contribution in [0.4, 0.5) is 17.6 Å². The second-order valence-corrected chi connectivity index (χ2v) is 6.56. The highest BCUT2D eigenvalue weighted by molar-refractivity contribution is 5.80. The number of ether oxygens (including phenoxy) is 1. The molecule has 0 spiro atoms. The first-order valence-corrected chi connectivity index (χ1v) is 9.02. The molecule has 27 heavy (non-hydrogen) atoms. The van der Waals surface area contributed by atoms with Gasteiger partial charge in [0.1, 0.15) is 6.10 Å². The number of nitrogens with zero attached hydrogens (tertiary/aromatic N) is 2. The molecule has 2 unspecified atom stereocenters. The number of benzene rings is 1. The summed E-state index contributed by atoms with van der Waals surface area (Å²) in [5, 5.41) is 6.24. The van der Waals surface area contributed by atoms with Crippen LogP contribution >= 0.6 is 0 Å². The first-order valence-electron chi connectivity index (χ1n) is 9.02. The van der Waals surface area contributed by atoms with E-state index in [1.54, 1.807) is 25.1 Å². The fourth-order valence-corrected chi connectivity index (χ4v) is 2.88. The monoisotopic (exact) mass is 390 g/mol. The average Bonchev–Trinajstić information content (AvgIpc) is 3.00. The average molecular weight is 390 g/mol. The molecule has 1 aliphatic rings. The molecule has 2 atom stereocenters. The lowest BCUT2D eigenvalue weighted by atomic mass is 10.3. The summed E-state index contributed by atoms with van der Waals surface area (Å²) in [5.74, 6) is 0.242. The predicted octanol–water partition coefficient (Wildman–Crippen LogP) is 2.78. The highest BCUT2D eigenvalue weighted by Gasteiger charge is 2.34. The lowest BCUT2D eigenvalue weighted by Gasteiger charge is -2.20. The molecule has 1 heterocycles. The molecule has 1 aromatic rings. The molecule has 0 saturated carbocycles. The van der Waals surface area contributed by atoms with Crippen LogP contribution in [0.15, 0.2) is 29.3 Å². The molecule has 0 bridgehead atoms. The van der Waals surface area contributed by atoms with Crippen LogP contribution in [0.5, 0.6) is 5.75 Å². The molecule has 0 aromatic heterocycles. The van der Waals surface area contributed by atoms with Gasteiger partial charge in [0.05, 0.1) is 13.1 Å². The van der Waals surface area contributed by atoms with Gasteiger partial charge in [-0.3, -0.25) is 4.90 Å². The van der Waals surface area contributed by atoms with Crippen molar-refractivity contribution in [3.63, 3.8) is 0 Å². The predicted molar refractivity (Wildman–Crippen MR) is 96.5 cm³/mol. The highest BCUT2D eigenvalue weighted by Crippen LogP contribution is 2.20. The van der Waals surface area contributed by atoms with Gasteiger partial charge in [-0.1, -0.05) is 12.1 Å². The second-order valence-electron chi connectivity index (χ2n) is 6.56. The van der Waals surface area contributed by atoms with Crippen molar-refractivity contribution in [3.05, 3.63) is 30.1 Å². The molecule has 1 fully saturated rings. The third kappa shape index (κ3) is 7.62. The number of rotatable bonds is 7. The van der Waals surface area contributed by atoms with Crippen molar-refractivity contribution in [1.29, 1.82) is 0 Å². The molecule has 9 heteroatoms. The third-order valence-corrected chi connectivity index (χ3v) is 4.03. The lowest BCUT2D eigenvalue weighted by molar-refractivity contribution is -0.143. The van der Waals surface area contributed by atoms with Crippen molar-refractivity contribution in [2.75, 3.05) is 32.7 Å². The van der Waals surface area contributed by atoms with Gasteiger partial charge in [-0.25, -0.2) is 9.38 Å². The van der Waals surface area contributed by atoms with Gasteiger partial charge in [-0.15, -0.1) is 0 Å². The van der Waals surface area contributed by atoms with E-state index in [2.05, 4.69) is 15.6 Å². The van der Waals surface area contributed by atoms with Crippen LogP contribution in [0.1, 0.15) is 20.3 Å². The van der Waals surface area contributed by atoms with Gasteiger partial charge in [-0.05, 0) is 32.4 Å². The maximum absolute atomic E-state index is 13.6. The van der Waals surface area contributed by atoms with Crippen molar-refractivity contribution >= 4 is 5.96 Å². The lowest BCUT2D eigenvalue weighted by Crippen LogP contribution is -2.45. The molecule has 152 valence electrons. The summed E-state index contributed by atoms with van der Waals surface area (Å²) in [7, 11) is 0. The van der Waals surface area contributed by atoms with E-state index in [4.69, 9.17) is 4.74 Å². The summed E-state index contributed by atoms with van der Waals surface area (Å²) >= 11 is 0. The fourth-order valence-electron chi connectivity index (χ4n) is 2.88. The molecule has 1 aromatic carbocycles. The van der Waals surface area contributed by atoms with E-state index in [-0.39, 0.29) is 24.4 Å². The Labute approximate surface area is 156 Å². The van der Waals surface area contributed by atoms with Crippen LogP contribution in [0.3, 0.4) is 0 Å². The summed E-state index contributed by atoms with van der Waals surface area (Å²) < 4.78 is 56.7. The van der Waals surface area contributed by atoms with E-state index in [9.17, 15) is 17.6 Å². The van der Waals surface area contributed by atoms with Crippen LogP contribution in [-0.4, -0.2) is 61.9 Å². The number of nitrogens with one attached hydrogen (secondary N) is 2. The molecule has 1 saturated heterocycles. The number of aliphatic imine (C=N–C) groups is 1. The van der Waals surface area contributed by atoms with Gasteiger partial charge in [0, 0.05) is 25.7 Å². The second kappa shape index (κ2) is 9.77. The van der Waals surface area contributed by atoms with E-state index in [1.807, 2.05) is 6.92 Å². The maximum Gasteiger partial charge on any atom is 0.401 e. The minimum atomic E-state index is -4.19. The summed E-state index contributed by atoms with van der Waals surface area (Å²) in [4.78, 5) is 5.79. The van der Waals surface area contributed by atoms with Crippen molar-refractivity contribution in [2.24, 2.45) is 4.99 Å². The largest absolute Gasteiger partial charge is 0.486 e. The number of hydrogen-bond donors (Lipinski definition) is 2. The smallest absolute Gasteiger partial charge is 0.401 e. The first kappa shape index (κ1) is 21.3. The number of guanidine groups is 1. The van der Waals surface area contributed by atoms with Crippen molar-refractivity contribution < 1.29 is 22.3 Å². The van der Waals surface area contributed by atoms with Gasteiger partial charge in [-0.2, -0.15) is 13.2 Å². The van der Waals surface area contributed by atoms with Gasteiger partial charge in [0.15, 0.2) is 17.5 Å². The molecule has 0 amide bonds. The topological polar surface area (TPSA) is 48.9 Å². The van der Waals surface area contributed by atoms with Crippen LogP contribution in [0, 0.1) is 5.82 Å². The minimum absolute atomic E-state index is 0.104. The number of para-hydroxylation sites is 1. The van der Waals surface area contributed by atoms with Crippen LogP contribution in [-0.2, 0) is 0 Å². The van der Waals surface area contributed by atoms with Crippen LogP contribution < -0.4 is 15.4 Å². The Morgan fingerprint density at radius 1 is 1.37 bits per heavy atom. The Hall–Kier alpha value is -2.03. The Balaban J connectivity index is 1.86. The zero-order chi connectivity index (χ0) is 19.9. The van der Waals surface area contributed by atoms with Gasteiger partial charge >= 0.3 is 6.18 Å². The van der Waals surface area contributed by atoms with Crippen molar-refractivity contribution in [3.8, 4) is 5.75 Å². The fraction of sp³-hybridized carbons (Fsp3) is 0.611. The standard InChI is InChI=1S/C18H26F4N4O/c1-3-23-17(25-14-8-9-26(11-14)12-18(20,21)22)24-10-13(2)27-16-7-5-4-6-15(16)19/h4-7,13-14H,3,8-12H2,1-2H3,(H2,23,24,25). The molecule has 2 N–H and O–H groups in total. The summed E-state index contributed by atoms with van der Waals surface area (Å²) in [6.07, 6.45) is -3.93. The van der Waals surface area contributed by atoms with E-state index in [0.717, 1.165) is 0 Å². The van der Waals surface area contributed by atoms with Gasteiger partial charge in [0.25, 0.3) is 0 Å². The Kier molecular flexibility index (Phi) is 7.70. The third-order valence-electron chi connectivity index (χ3n) is 4.03. The molecule has 5 nitrogen and oxygen atoms in total. The molecule has 2 rings (SSSR count). The van der Waals surface area contributed by atoms with Crippen LogP contribution in [0.2, 0.25) is 0 Å². The van der Waals surface area contributed by atoms with E-state index < -0.39 is 18.5 Å². The molecule has 0 aliphatic carbocycles. The Morgan fingerprint density at radius 3 is 2.78 bits per heavy atom.